The molecule has 1 aromatic heterocycles. The van der Waals surface area contributed by atoms with Gasteiger partial charge in [0, 0.05) is 5.69 Å². The SMILES string of the molecule is Nc1cc(F)c(Sc2nc3ccccc3o2)cc1C(=O)O. The maximum Gasteiger partial charge on any atom is 0.337 e. The molecule has 0 saturated heterocycles. The van der Waals surface area contributed by atoms with Crippen LogP contribution in [0.3, 0.4) is 0 Å². The molecule has 3 aromatic rings. The van der Waals surface area contributed by atoms with E-state index in [9.17, 15) is 9.18 Å². The van der Waals surface area contributed by atoms with E-state index in [1.165, 1.54) is 6.07 Å². The summed E-state index contributed by atoms with van der Waals surface area (Å²) < 4.78 is 19.3. The zero-order valence-electron chi connectivity index (χ0n) is 10.5. The van der Waals surface area contributed by atoms with Crippen molar-refractivity contribution in [2.75, 3.05) is 5.73 Å². The number of carbonyl (C=O) groups is 1. The number of halogens is 1. The van der Waals surface area contributed by atoms with Gasteiger partial charge in [-0.2, -0.15) is 0 Å². The molecule has 3 rings (SSSR count). The lowest BCUT2D eigenvalue weighted by Gasteiger charge is -2.05. The fourth-order valence-corrected chi connectivity index (χ4v) is 2.62. The maximum atomic E-state index is 13.9. The van der Waals surface area contributed by atoms with Crippen LogP contribution >= 0.6 is 11.8 Å². The van der Waals surface area contributed by atoms with Gasteiger partial charge in [-0.3, -0.25) is 0 Å². The standard InChI is InChI=1S/C14H9FN2O3S/c15-8-6-9(16)7(13(18)19)5-12(8)21-14-17-10-3-1-2-4-11(10)20-14/h1-6H,16H2,(H,18,19). The van der Waals surface area contributed by atoms with Crippen LogP contribution in [0.15, 0.2) is 50.9 Å². The molecule has 106 valence electrons. The third kappa shape index (κ3) is 2.55. The molecule has 0 fully saturated rings. The highest BCUT2D eigenvalue weighted by Crippen LogP contribution is 2.33. The van der Waals surface area contributed by atoms with Crippen molar-refractivity contribution in [1.82, 2.24) is 4.98 Å². The zero-order chi connectivity index (χ0) is 15.0. The topological polar surface area (TPSA) is 89.4 Å². The van der Waals surface area contributed by atoms with Gasteiger partial charge in [-0.15, -0.1) is 0 Å². The first-order valence-corrected chi connectivity index (χ1v) is 6.72. The van der Waals surface area contributed by atoms with Crippen molar-refractivity contribution in [2.24, 2.45) is 0 Å². The van der Waals surface area contributed by atoms with Crippen LogP contribution in [0.1, 0.15) is 10.4 Å². The monoisotopic (exact) mass is 304 g/mol. The predicted molar refractivity (Wildman–Crippen MR) is 75.9 cm³/mol. The highest BCUT2D eigenvalue weighted by Gasteiger charge is 2.16. The van der Waals surface area contributed by atoms with Gasteiger partial charge in [0.25, 0.3) is 5.22 Å². The van der Waals surface area contributed by atoms with Crippen molar-refractivity contribution in [3.63, 3.8) is 0 Å². The largest absolute Gasteiger partial charge is 0.478 e. The summed E-state index contributed by atoms with van der Waals surface area (Å²) in [4.78, 5) is 15.3. The lowest BCUT2D eigenvalue weighted by Crippen LogP contribution is -2.03. The second-order valence-electron chi connectivity index (χ2n) is 4.22. The first-order valence-electron chi connectivity index (χ1n) is 5.90. The minimum absolute atomic E-state index is 0.0909. The van der Waals surface area contributed by atoms with E-state index < -0.39 is 11.8 Å². The van der Waals surface area contributed by atoms with Gasteiger partial charge >= 0.3 is 5.97 Å². The molecule has 0 spiro atoms. The number of aromatic carboxylic acids is 1. The van der Waals surface area contributed by atoms with Crippen LogP contribution < -0.4 is 5.73 Å². The average Bonchev–Trinajstić information content (AvgIpc) is 2.83. The van der Waals surface area contributed by atoms with Gasteiger partial charge in [-0.1, -0.05) is 12.1 Å². The molecule has 0 bridgehead atoms. The van der Waals surface area contributed by atoms with Crippen molar-refractivity contribution < 1.29 is 18.7 Å². The summed E-state index contributed by atoms with van der Waals surface area (Å²) in [5, 5.41) is 9.24. The summed E-state index contributed by atoms with van der Waals surface area (Å²) >= 11 is 0.909. The minimum atomic E-state index is -1.22. The Hall–Kier alpha value is -2.54. The summed E-state index contributed by atoms with van der Waals surface area (Å²) in [5.41, 5.74) is 6.42. The summed E-state index contributed by atoms with van der Waals surface area (Å²) in [6.45, 7) is 0. The van der Waals surface area contributed by atoms with Gasteiger partial charge in [0.2, 0.25) is 0 Å². The van der Waals surface area contributed by atoms with Crippen LogP contribution in [0, 0.1) is 5.82 Å². The number of fused-ring (bicyclic) bond motifs is 1. The van der Waals surface area contributed by atoms with Crippen LogP contribution in [-0.2, 0) is 0 Å². The number of carboxylic acid groups (broad SMARTS) is 1. The Balaban J connectivity index is 2.00. The maximum absolute atomic E-state index is 13.9. The smallest absolute Gasteiger partial charge is 0.337 e. The number of hydrogen-bond donors (Lipinski definition) is 2. The van der Waals surface area contributed by atoms with Crippen molar-refractivity contribution in [2.45, 2.75) is 10.1 Å². The second kappa shape index (κ2) is 5.10. The first kappa shape index (κ1) is 13.4. The number of aromatic nitrogens is 1. The van der Waals surface area contributed by atoms with Crippen LogP contribution in [0.25, 0.3) is 11.1 Å². The highest BCUT2D eigenvalue weighted by molar-refractivity contribution is 7.99. The number of nitrogen functional groups attached to an aromatic ring is 1. The van der Waals surface area contributed by atoms with Crippen molar-refractivity contribution in [3.05, 3.63) is 47.8 Å². The number of para-hydroxylation sites is 2. The molecule has 0 unspecified atom stereocenters. The van der Waals surface area contributed by atoms with Crippen LogP contribution in [0.5, 0.6) is 0 Å². The predicted octanol–water partition coefficient (Wildman–Crippen LogP) is 3.40. The second-order valence-corrected chi connectivity index (χ2v) is 5.22. The molecule has 1 heterocycles. The molecule has 0 aliphatic heterocycles. The van der Waals surface area contributed by atoms with Gasteiger partial charge in [0.05, 0.1) is 10.5 Å². The molecule has 0 aliphatic rings. The van der Waals surface area contributed by atoms with Gasteiger partial charge < -0.3 is 15.3 Å². The zero-order valence-corrected chi connectivity index (χ0v) is 11.4. The highest BCUT2D eigenvalue weighted by atomic mass is 32.2. The summed E-state index contributed by atoms with van der Waals surface area (Å²) in [6, 6.07) is 9.28. The van der Waals surface area contributed by atoms with E-state index in [0.717, 1.165) is 17.8 Å². The molecule has 5 nitrogen and oxygen atoms in total. The van der Waals surface area contributed by atoms with Gasteiger partial charge in [-0.05, 0) is 36.0 Å². The molecular weight excluding hydrogens is 295 g/mol. The van der Waals surface area contributed by atoms with Gasteiger partial charge in [0.1, 0.15) is 11.3 Å². The molecule has 0 saturated carbocycles. The van der Waals surface area contributed by atoms with Crippen molar-refractivity contribution in [3.8, 4) is 0 Å². The Morgan fingerprint density at radius 3 is 2.81 bits per heavy atom. The Bertz CT molecular complexity index is 814. The number of nitrogens with two attached hydrogens (primary N) is 1. The average molecular weight is 304 g/mol. The summed E-state index contributed by atoms with van der Waals surface area (Å²) in [6.07, 6.45) is 0. The van der Waals surface area contributed by atoms with Gasteiger partial charge in [0.15, 0.2) is 5.58 Å². The van der Waals surface area contributed by atoms with Crippen LogP contribution in [-0.4, -0.2) is 16.1 Å². The van der Waals surface area contributed by atoms with E-state index in [1.807, 2.05) is 6.07 Å². The van der Waals surface area contributed by atoms with Crippen LogP contribution in [0.4, 0.5) is 10.1 Å². The number of anilines is 1. The Morgan fingerprint density at radius 1 is 1.33 bits per heavy atom. The molecule has 0 amide bonds. The fraction of sp³-hybridized carbons (Fsp3) is 0. The molecule has 0 atom stereocenters. The molecule has 0 aliphatic carbocycles. The first-order chi connectivity index (χ1) is 10.0. The number of hydrogen-bond acceptors (Lipinski definition) is 5. The van der Waals surface area contributed by atoms with E-state index in [-0.39, 0.29) is 21.4 Å². The van der Waals surface area contributed by atoms with E-state index in [2.05, 4.69) is 4.98 Å². The quantitative estimate of drug-likeness (QED) is 0.721. The minimum Gasteiger partial charge on any atom is -0.478 e. The molecular formula is C14H9FN2O3S. The Morgan fingerprint density at radius 2 is 2.10 bits per heavy atom. The number of rotatable bonds is 3. The number of carboxylic acids is 1. The fourth-order valence-electron chi connectivity index (χ4n) is 1.82. The van der Waals surface area contributed by atoms with Gasteiger partial charge in [-0.25, -0.2) is 14.2 Å². The number of oxazole rings is 1. The molecule has 21 heavy (non-hydrogen) atoms. The molecule has 3 N–H and O–H groups in total. The van der Waals surface area contributed by atoms with E-state index in [1.54, 1.807) is 18.2 Å². The lowest BCUT2D eigenvalue weighted by atomic mass is 10.2. The summed E-state index contributed by atoms with van der Waals surface area (Å²) in [5.74, 6) is -1.84. The van der Waals surface area contributed by atoms with E-state index in [0.29, 0.717) is 11.1 Å². The molecule has 2 aromatic carbocycles. The Kier molecular flexibility index (Phi) is 3.26. The van der Waals surface area contributed by atoms with Crippen LogP contribution in [0.2, 0.25) is 0 Å². The lowest BCUT2D eigenvalue weighted by molar-refractivity contribution is 0.0697. The number of nitrogens with zero attached hydrogens (tertiary/aromatic N) is 1. The van der Waals surface area contributed by atoms with E-state index >= 15 is 0 Å². The normalized spacial score (nSPS) is 10.9. The Labute approximate surface area is 122 Å². The molecule has 0 radical (unpaired) electrons. The third-order valence-electron chi connectivity index (χ3n) is 2.81. The van der Waals surface area contributed by atoms with Crippen molar-refractivity contribution >= 4 is 34.5 Å². The third-order valence-corrected chi connectivity index (χ3v) is 3.69. The summed E-state index contributed by atoms with van der Waals surface area (Å²) in [7, 11) is 0. The number of benzene rings is 2. The molecule has 7 heteroatoms. The van der Waals surface area contributed by atoms with E-state index in [4.69, 9.17) is 15.3 Å². The van der Waals surface area contributed by atoms with Crippen molar-refractivity contribution in [1.29, 1.82) is 0 Å².